The first-order chi connectivity index (χ1) is 12.0. The molecule has 0 aliphatic rings. The van der Waals surface area contributed by atoms with Crippen LogP contribution in [0.4, 0.5) is 5.13 Å². The van der Waals surface area contributed by atoms with E-state index in [0.717, 1.165) is 15.5 Å². The van der Waals surface area contributed by atoms with Gasteiger partial charge >= 0.3 is 0 Å². The first-order valence-electron chi connectivity index (χ1n) is 7.62. The van der Waals surface area contributed by atoms with Crippen LogP contribution in [0.15, 0.2) is 28.5 Å². The third-order valence-electron chi connectivity index (χ3n) is 3.30. The molecule has 8 heteroatoms. The molecule has 0 fully saturated rings. The van der Waals surface area contributed by atoms with Gasteiger partial charge in [0.15, 0.2) is 5.13 Å². The molecule has 0 spiro atoms. The number of anilines is 1. The maximum atomic E-state index is 12.1. The lowest BCUT2D eigenvalue weighted by atomic mass is 10.1. The maximum absolute atomic E-state index is 12.1. The lowest BCUT2D eigenvalue weighted by Gasteiger charge is -2.07. The average molecular weight is 374 g/mol. The molecule has 0 aliphatic carbocycles. The smallest absolute Gasteiger partial charge is 0.251 e. The number of carbonyl (C=O) groups excluding carboxylic acids is 2. The fourth-order valence-corrected chi connectivity index (χ4v) is 3.88. The van der Waals surface area contributed by atoms with Crippen LogP contribution in [-0.2, 0) is 4.79 Å². The summed E-state index contributed by atoms with van der Waals surface area (Å²) in [4.78, 5) is 28.3. The number of hydrogen-bond acceptors (Lipinski definition) is 6. The second-order valence-corrected chi connectivity index (χ2v) is 7.45. The zero-order valence-electron chi connectivity index (χ0n) is 14.0. The first kappa shape index (κ1) is 19.0. The normalized spacial score (nSPS) is 10.1. The Morgan fingerprint density at radius 1 is 1.32 bits per heavy atom. The largest absolute Gasteiger partial charge is 0.352 e. The van der Waals surface area contributed by atoms with Gasteiger partial charge in [-0.25, -0.2) is 4.98 Å². The Labute approximate surface area is 154 Å². The zero-order chi connectivity index (χ0) is 18.2. The highest BCUT2D eigenvalue weighted by atomic mass is 32.2. The second-order valence-electron chi connectivity index (χ2n) is 5.21. The van der Waals surface area contributed by atoms with Crippen molar-refractivity contribution in [3.05, 3.63) is 41.1 Å². The highest BCUT2D eigenvalue weighted by Crippen LogP contribution is 2.31. The lowest BCUT2D eigenvalue weighted by molar-refractivity contribution is -0.116. The summed E-state index contributed by atoms with van der Waals surface area (Å²) >= 11 is 2.75. The van der Waals surface area contributed by atoms with E-state index in [0.29, 0.717) is 16.4 Å². The SMILES string of the molecule is Cc1ccccc1C(=O)NCCC(=O)Nc1nc(C)c(SCC#N)s1. The number of amides is 2. The molecule has 2 rings (SSSR count). The highest BCUT2D eigenvalue weighted by molar-refractivity contribution is 8.01. The Morgan fingerprint density at radius 2 is 2.08 bits per heavy atom. The number of nitrogens with one attached hydrogen (secondary N) is 2. The molecule has 0 saturated heterocycles. The van der Waals surface area contributed by atoms with Gasteiger partial charge in [-0.1, -0.05) is 41.3 Å². The number of nitrogens with zero attached hydrogens (tertiary/aromatic N) is 2. The molecule has 0 aliphatic heterocycles. The Balaban J connectivity index is 1.80. The molecule has 6 nitrogen and oxygen atoms in total. The molecule has 1 aromatic heterocycles. The number of aromatic nitrogens is 1. The van der Waals surface area contributed by atoms with Gasteiger partial charge in [0.25, 0.3) is 5.91 Å². The second kappa shape index (κ2) is 9.20. The topological polar surface area (TPSA) is 94.9 Å². The van der Waals surface area contributed by atoms with Crippen molar-refractivity contribution in [3.63, 3.8) is 0 Å². The van der Waals surface area contributed by atoms with Gasteiger partial charge in [0, 0.05) is 18.5 Å². The number of aryl methyl sites for hydroxylation is 2. The number of thioether (sulfide) groups is 1. The Bertz CT molecular complexity index is 811. The molecule has 2 aromatic rings. The van der Waals surface area contributed by atoms with Crippen LogP contribution in [0.2, 0.25) is 0 Å². The van der Waals surface area contributed by atoms with E-state index in [2.05, 4.69) is 21.7 Å². The standard InChI is InChI=1S/C17H18N4O2S2/c1-11-5-3-4-6-13(11)15(23)19-9-7-14(22)21-17-20-12(2)16(25-17)24-10-8-18/h3-6H,7,9-10H2,1-2H3,(H,19,23)(H,20,21,22). The summed E-state index contributed by atoms with van der Waals surface area (Å²) in [5.74, 6) is -0.0525. The molecule has 0 atom stereocenters. The van der Waals surface area contributed by atoms with E-state index in [1.165, 1.54) is 23.1 Å². The minimum Gasteiger partial charge on any atom is -0.352 e. The number of nitriles is 1. The van der Waals surface area contributed by atoms with Crippen LogP contribution in [0.1, 0.15) is 28.0 Å². The molecule has 2 amide bonds. The molecule has 0 bridgehead atoms. The molecule has 0 radical (unpaired) electrons. The third-order valence-corrected chi connectivity index (χ3v) is 5.60. The van der Waals surface area contributed by atoms with E-state index in [1.807, 2.05) is 26.0 Å². The van der Waals surface area contributed by atoms with Crippen molar-refractivity contribution in [1.29, 1.82) is 5.26 Å². The molecule has 0 saturated carbocycles. The van der Waals surface area contributed by atoms with Crippen LogP contribution in [0, 0.1) is 25.2 Å². The molecule has 1 heterocycles. The van der Waals surface area contributed by atoms with Crippen molar-refractivity contribution >= 4 is 40.0 Å². The van der Waals surface area contributed by atoms with Crippen molar-refractivity contribution in [3.8, 4) is 6.07 Å². The monoisotopic (exact) mass is 374 g/mol. The number of thiazole rings is 1. The molecule has 130 valence electrons. The zero-order valence-corrected chi connectivity index (χ0v) is 15.6. The molecule has 2 N–H and O–H groups in total. The molecular formula is C17H18N4O2S2. The number of benzene rings is 1. The van der Waals surface area contributed by atoms with Crippen molar-refractivity contribution in [2.45, 2.75) is 24.5 Å². The summed E-state index contributed by atoms with van der Waals surface area (Å²) in [7, 11) is 0. The highest BCUT2D eigenvalue weighted by Gasteiger charge is 2.12. The Hall–Kier alpha value is -2.37. The van der Waals surface area contributed by atoms with E-state index < -0.39 is 0 Å². The Kier molecular flexibility index (Phi) is 6.98. The van der Waals surface area contributed by atoms with Crippen LogP contribution < -0.4 is 10.6 Å². The van der Waals surface area contributed by atoms with Gasteiger partial charge in [-0.3, -0.25) is 9.59 Å². The summed E-state index contributed by atoms with van der Waals surface area (Å²) in [6, 6.07) is 9.37. The van der Waals surface area contributed by atoms with Crippen molar-refractivity contribution in [1.82, 2.24) is 10.3 Å². The lowest BCUT2D eigenvalue weighted by Crippen LogP contribution is -2.28. The van der Waals surface area contributed by atoms with Crippen LogP contribution in [-0.4, -0.2) is 29.1 Å². The molecule has 25 heavy (non-hydrogen) atoms. The third kappa shape index (κ3) is 5.59. The van der Waals surface area contributed by atoms with Crippen molar-refractivity contribution < 1.29 is 9.59 Å². The van der Waals surface area contributed by atoms with Gasteiger partial charge in [0.1, 0.15) is 0 Å². The van der Waals surface area contributed by atoms with E-state index in [4.69, 9.17) is 5.26 Å². The predicted molar refractivity (Wildman–Crippen MR) is 99.9 cm³/mol. The van der Waals surface area contributed by atoms with Gasteiger partial charge in [-0.2, -0.15) is 5.26 Å². The predicted octanol–water partition coefficient (Wildman–Crippen LogP) is 3.13. The van der Waals surface area contributed by atoms with E-state index in [9.17, 15) is 9.59 Å². The number of hydrogen-bond donors (Lipinski definition) is 2. The summed E-state index contributed by atoms with van der Waals surface area (Å²) in [6.45, 7) is 3.96. The van der Waals surface area contributed by atoms with Gasteiger partial charge in [-0.15, -0.1) is 0 Å². The minimum absolute atomic E-state index is 0.164. The summed E-state index contributed by atoms with van der Waals surface area (Å²) in [5.41, 5.74) is 2.30. The summed E-state index contributed by atoms with van der Waals surface area (Å²) in [6.07, 6.45) is 0.164. The van der Waals surface area contributed by atoms with E-state index >= 15 is 0 Å². The first-order valence-corrected chi connectivity index (χ1v) is 9.42. The van der Waals surface area contributed by atoms with E-state index in [1.54, 1.807) is 12.1 Å². The van der Waals surface area contributed by atoms with Crippen LogP contribution >= 0.6 is 23.1 Å². The van der Waals surface area contributed by atoms with Gasteiger partial charge in [-0.05, 0) is 25.5 Å². The summed E-state index contributed by atoms with van der Waals surface area (Å²) < 4.78 is 0.921. The molecule has 0 unspecified atom stereocenters. The molecule has 1 aromatic carbocycles. The average Bonchev–Trinajstić information content (AvgIpc) is 2.92. The van der Waals surface area contributed by atoms with Crippen LogP contribution in [0.25, 0.3) is 0 Å². The quantitative estimate of drug-likeness (QED) is 0.726. The fraction of sp³-hybridized carbons (Fsp3) is 0.294. The maximum Gasteiger partial charge on any atom is 0.251 e. The Morgan fingerprint density at radius 3 is 2.80 bits per heavy atom. The number of carbonyl (C=O) groups is 2. The van der Waals surface area contributed by atoms with Gasteiger partial charge in [0.05, 0.1) is 21.7 Å². The van der Waals surface area contributed by atoms with E-state index in [-0.39, 0.29) is 24.8 Å². The number of rotatable bonds is 7. The molecular weight excluding hydrogens is 356 g/mol. The van der Waals surface area contributed by atoms with Crippen LogP contribution in [0.5, 0.6) is 0 Å². The van der Waals surface area contributed by atoms with Gasteiger partial charge < -0.3 is 10.6 Å². The van der Waals surface area contributed by atoms with Gasteiger partial charge in [0.2, 0.25) is 5.91 Å². The van der Waals surface area contributed by atoms with Crippen molar-refractivity contribution in [2.75, 3.05) is 17.6 Å². The minimum atomic E-state index is -0.212. The van der Waals surface area contributed by atoms with Crippen molar-refractivity contribution in [2.24, 2.45) is 0 Å². The fourth-order valence-electron chi connectivity index (χ4n) is 2.06. The van der Waals surface area contributed by atoms with Crippen LogP contribution in [0.3, 0.4) is 0 Å². The summed E-state index contributed by atoms with van der Waals surface area (Å²) in [5, 5.41) is 14.6.